The molecule has 8 N–H and O–H groups in total. The van der Waals surface area contributed by atoms with Crippen molar-refractivity contribution in [3.8, 4) is 11.3 Å². The molecular formula is C88H119BCl3F3N14O11. The fraction of sp³-hybridized carbons (Fsp3) is 0.523. The zero-order chi connectivity index (χ0) is 86.2. The summed E-state index contributed by atoms with van der Waals surface area (Å²) < 4.78 is 57.6. The molecule has 6 aromatic heterocycles. The van der Waals surface area contributed by atoms with Crippen LogP contribution in [0.2, 0.25) is 15.5 Å². The van der Waals surface area contributed by atoms with Gasteiger partial charge in [0.15, 0.2) is 0 Å². The van der Waals surface area contributed by atoms with E-state index in [9.17, 15) is 37.8 Å². The van der Waals surface area contributed by atoms with Crippen LogP contribution in [0.25, 0.3) is 11.3 Å². The zero-order valence-electron chi connectivity index (χ0n) is 69.3. The summed E-state index contributed by atoms with van der Waals surface area (Å²) in [4.78, 5) is 79.1. The average Bonchev–Trinajstić information content (AvgIpc) is 0.846. The Bertz CT molecular complexity index is 4250. The van der Waals surface area contributed by atoms with E-state index in [1.165, 1.54) is 125 Å². The van der Waals surface area contributed by atoms with Gasteiger partial charge in [0.2, 0.25) is 0 Å². The zero-order valence-corrected chi connectivity index (χ0v) is 71.6. The number of nitrogens with zero attached hydrogens (tertiary/aromatic N) is 12. The lowest BCUT2D eigenvalue weighted by Crippen LogP contribution is -2.39. The first-order valence-electron chi connectivity index (χ1n) is 41.6. The molecule has 0 unspecified atom stereocenters. The minimum absolute atomic E-state index is 0.00951. The maximum Gasteiger partial charge on any atom is 0.488 e. The standard InChI is InChI=1S/C32H41FN4O3.C25H35ClFN5O3.C21H34FN3O3.C6H7BO2.C4H2Cl2N2/c1-40-22-27(33)21-37(17-8-7-12-28-15-14-25-11-5-6-13-30(25)36-28)18-16-26(32(38)39)19-29-20-31(35-23-34-29)24-9-3-2-4-10-24;1-35-16-19(27)15-32(13-11-22(25(33)34)31-24-14-23(26)28-17-29-24)12-5-4-7-20-10-9-18-6-2-3-8-21(18)30-20;1-28-15-17(22)14-25(13-11-19(23)21(26)27)12-5-4-7-18-10-9-16-6-2-3-8-20(16)24-18;8-7(9)6-4-2-1-3-5-6;5-3-1-4(6)8-2-7-3/h2-4,9-10,14-15,20,23,26-27H,5-8,11-13,16-19,21-22H2,1H3,(H,38,39);9-10,14,17,19,22H,2-8,11-13,15-16H2,1H3,(H,33,34)(H,28,29,31);9-10,17,19H,2-8,11-15,23H2,1H3,(H,26,27);1-5,8-9H;1-2H/t26-,27+;19-,22-;17-,19-;;/m100../s1. The second kappa shape index (κ2) is 56.4. The Labute approximate surface area is 719 Å². The molecule has 0 aliphatic heterocycles. The molecule has 0 bridgehead atoms. The average molecular weight is 1720 g/mol. The van der Waals surface area contributed by atoms with Crippen LogP contribution in [0, 0.1) is 5.92 Å². The van der Waals surface area contributed by atoms with Crippen LogP contribution < -0.4 is 16.5 Å². The van der Waals surface area contributed by atoms with E-state index in [0.29, 0.717) is 85.8 Å². The number of carbonyl (C=O) groups is 3. The van der Waals surface area contributed by atoms with E-state index in [1.807, 2.05) is 57.2 Å². The number of pyridine rings is 3. The summed E-state index contributed by atoms with van der Waals surface area (Å²) in [5.41, 5.74) is 19.8. The van der Waals surface area contributed by atoms with Gasteiger partial charge in [0, 0.05) is 118 Å². The summed E-state index contributed by atoms with van der Waals surface area (Å²) in [5.74, 6) is -3.18. The lowest BCUT2D eigenvalue weighted by atomic mass is 9.81. The SMILES string of the molecule is COC[C@@H](F)CN(CCCCc1ccc2c(n1)CCCC2)CC[C@H](Cc1cc(-c2ccccc2)ncn1)C(=O)O.COC[C@@H](F)CN(CCCCc1ccc2c(n1)CCCC2)CC[C@H](N)C(=O)O.COC[C@@H](F)CN(CCCCc1ccc2c(n1)CCCC2)CC[C@H](Nc1cc(Cl)ncn1)C(=O)O.Clc1cc(Cl)ncn1.OB(O)c1ccccc1. The molecule has 2 aromatic carbocycles. The number of halogens is 6. The first kappa shape index (κ1) is 98.8. The number of aliphatic carboxylic acids is 3. The van der Waals surface area contributed by atoms with Gasteiger partial charge in [0.1, 0.15) is 70.9 Å². The van der Waals surface area contributed by atoms with Gasteiger partial charge in [-0.25, -0.2) is 47.9 Å². The minimum atomic E-state index is -1.34. The highest BCUT2D eigenvalue weighted by atomic mass is 35.5. The third-order valence-corrected chi connectivity index (χ3v) is 21.4. The molecule has 120 heavy (non-hydrogen) atoms. The van der Waals surface area contributed by atoms with E-state index >= 15 is 0 Å². The number of carboxylic acids is 3. The summed E-state index contributed by atoms with van der Waals surface area (Å²) in [6.45, 7) is 4.19. The summed E-state index contributed by atoms with van der Waals surface area (Å²) >= 11 is 16.7. The molecule has 3 aliphatic rings. The highest BCUT2D eigenvalue weighted by Gasteiger charge is 2.26. The number of hydrogen-bond donors (Lipinski definition) is 7. The number of nitrogens with one attached hydrogen (secondary N) is 1. The topological polar surface area (TPSA) is 344 Å². The van der Waals surface area contributed by atoms with Crippen LogP contribution in [0.4, 0.5) is 19.0 Å². The van der Waals surface area contributed by atoms with Gasteiger partial charge in [-0.15, -0.1) is 0 Å². The molecule has 0 spiro atoms. The molecule has 0 amide bonds. The van der Waals surface area contributed by atoms with Crippen molar-refractivity contribution >= 4 is 71.1 Å². The number of unbranched alkanes of at least 4 members (excludes halogenated alkanes) is 3. The number of ether oxygens (including phenoxy) is 3. The second-order valence-corrected chi connectivity index (χ2v) is 31.5. The van der Waals surface area contributed by atoms with E-state index in [0.717, 1.165) is 125 Å². The van der Waals surface area contributed by atoms with Gasteiger partial charge < -0.3 is 65.3 Å². The van der Waals surface area contributed by atoms with Crippen LogP contribution in [0.5, 0.6) is 0 Å². The second-order valence-electron chi connectivity index (χ2n) is 30.3. The summed E-state index contributed by atoms with van der Waals surface area (Å²) in [6, 6.07) is 34.5. The summed E-state index contributed by atoms with van der Waals surface area (Å²) in [5, 5.41) is 49.5. The van der Waals surface area contributed by atoms with E-state index in [4.69, 9.17) is 84.9 Å². The van der Waals surface area contributed by atoms with Gasteiger partial charge >= 0.3 is 25.0 Å². The van der Waals surface area contributed by atoms with Crippen LogP contribution in [-0.4, -0.2) is 241 Å². The third kappa shape index (κ3) is 38.8. The minimum Gasteiger partial charge on any atom is -0.481 e. The Balaban J connectivity index is 0.000000227. The molecule has 0 saturated carbocycles. The van der Waals surface area contributed by atoms with Crippen molar-refractivity contribution in [2.24, 2.45) is 11.7 Å². The molecule has 25 nitrogen and oxygen atoms in total. The van der Waals surface area contributed by atoms with Crippen molar-refractivity contribution in [1.29, 1.82) is 0 Å². The highest BCUT2D eigenvalue weighted by molar-refractivity contribution is 6.58. The molecule has 6 atom stereocenters. The van der Waals surface area contributed by atoms with Gasteiger partial charge in [0.25, 0.3) is 0 Å². The van der Waals surface area contributed by atoms with Gasteiger partial charge in [-0.1, -0.05) is 114 Å². The van der Waals surface area contributed by atoms with Crippen molar-refractivity contribution in [2.75, 3.05) is 105 Å². The molecule has 32 heteroatoms. The number of methoxy groups -OCH3 is 3. The van der Waals surface area contributed by atoms with E-state index < -0.39 is 61.5 Å². The van der Waals surface area contributed by atoms with Crippen LogP contribution >= 0.6 is 34.8 Å². The van der Waals surface area contributed by atoms with Crippen molar-refractivity contribution in [2.45, 2.75) is 191 Å². The van der Waals surface area contributed by atoms with Crippen LogP contribution in [0.15, 0.2) is 134 Å². The fourth-order valence-electron chi connectivity index (χ4n) is 14.4. The normalized spacial score (nSPS) is 14.3. The van der Waals surface area contributed by atoms with Crippen LogP contribution in [0.3, 0.4) is 0 Å². The van der Waals surface area contributed by atoms with E-state index in [1.54, 1.807) is 24.3 Å². The third-order valence-electron chi connectivity index (χ3n) is 20.7. The highest BCUT2D eigenvalue weighted by Crippen LogP contribution is 2.26. The number of carboxylic acid groups (broad SMARTS) is 3. The molecule has 0 radical (unpaired) electrons. The number of hydrogen-bond acceptors (Lipinski definition) is 22. The number of anilines is 1. The van der Waals surface area contributed by atoms with Crippen molar-refractivity contribution < 1.29 is 67.1 Å². The van der Waals surface area contributed by atoms with E-state index in [-0.39, 0.29) is 51.0 Å². The Hall–Kier alpha value is -8.30. The number of alkyl halides is 3. The molecule has 0 saturated heterocycles. The van der Waals surface area contributed by atoms with Crippen LogP contribution in [-0.2, 0) is 92.8 Å². The van der Waals surface area contributed by atoms with Crippen molar-refractivity contribution in [3.05, 3.63) is 206 Å². The quantitative estimate of drug-likeness (QED) is 0.0106. The number of fused-ring (bicyclic) bond motifs is 3. The number of benzene rings is 2. The number of nitrogens with two attached hydrogens (primary N) is 1. The molecule has 652 valence electrons. The largest absolute Gasteiger partial charge is 0.488 e. The predicted octanol–water partition coefficient (Wildman–Crippen LogP) is 12.8. The lowest BCUT2D eigenvalue weighted by molar-refractivity contribution is -0.142. The van der Waals surface area contributed by atoms with Gasteiger partial charge in [-0.05, 0) is 227 Å². The molecule has 11 rings (SSSR count). The van der Waals surface area contributed by atoms with Gasteiger partial charge in [-0.2, -0.15) is 0 Å². The number of rotatable bonds is 45. The molecule has 3 aliphatic carbocycles. The summed E-state index contributed by atoms with van der Waals surface area (Å²) in [7, 11) is 3.10. The molecular weight excluding hydrogens is 1600 g/mol. The Morgan fingerprint density at radius 1 is 0.467 bits per heavy atom. The molecule has 8 aromatic rings. The smallest absolute Gasteiger partial charge is 0.481 e. The summed E-state index contributed by atoms with van der Waals surface area (Å²) in [6.07, 6.45) is 24.2. The van der Waals surface area contributed by atoms with Crippen LogP contribution in [0.1, 0.15) is 153 Å². The number of aromatic nitrogens is 9. The molecule has 0 fully saturated rings. The van der Waals surface area contributed by atoms with Crippen molar-refractivity contribution in [1.82, 2.24) is 59.6 Å². The van der Waals surface area contributed by atoms with Crippen molar-refractivity contribution in [3.63, 3.8) is 0 Å². The number of aryl methyl sites for hydroxylation is 9. The first-order chi connectivity index (χ1) is 58.0. The maximum absolute atomic E-state index is 14.5. The van der Waals surface area contributed by atoms with Gasteiger partial charge in [0.05, 0.1) is 31.4 Å². The first-order valence-corrected chi connectivity index (χ1v) is 42.8. The maximum atomic E-state index is 14.5. The van der Waals surface area contributed by atoms with Gasteiger partial charge in [-0.3, -0.25) is 24.5 Å². The molecule has 6 heterocycles. The Morgan fingerprint density at radius 2 is 0.875 bits per heavy atom. The monoisotopic (exact) mass is 1720 g/mol. The Morgan fingerprint density at radius 3 is 1.27 bits per heavy atom. The fourth-order valence-corrected chi connectivity index (χ4v) is 14.9. The predicted molar refractivity (Wildman–Crippen MR) is 463 cm³/mol. The Kier molecular flexibility index (Phi) is 46.4. The lowest BCUT2D eigenvalue weighted by Gasteiger charge is -2.26. The van der Waals surface area contributed by atoms with E-state index in [2.05, 4.69) is 71.6 Å².